The van der Waals surface area contributed by atoms with Crippen LogP contribution in [0.1, 0.15) is 94.6 Å². The lowest BCUT2D eigenvalue weighted by atomic mass is 9.73. The fraction of sp³-hybridized carbons (Fsp3) is 0.393. The van der Waals surface area contributed by atoms with Gasteiger partial charge in [-0.3, -0.25) is 34.3 Å². The minimum atomic E-state index is -6.16. The van der Waals surface area contributed by atoms with E-state index in [4.69, 9.17) is 11.6 Å². The van der Waals surface area contributed by atoms with Crippen LogP contribution in [0.3, 0.4) is 0 Å². The Morgan fingerprint density at radius 2 is 1.49 bits per heavy atom. The van der Waals surface area contributed by atoms with Crippen LogP contribution in [0.15, 0.2) is 136 Å². The van der Waals surface area contributed by atoms with Crippen LogP contribution < -0.4 is 20.3 Å². The number of carbonyl (C=O) groups is 5. The average molecular weight is 1260 g/mol. The van der Waals surface area contributed by atoms with Crippen molar-refractivity contribution in [1.29, 1.82) is 0 Å². The van der Waals surface area contributed by atoms with E-state index in [9.17, 15) is 54.0 Å². The van der Waals surface area contributed by atoms with Crippen LogP contribution in [0.5, 0.6) is 0 Å². The number of hydrogen-bond donors (Lipinski definition) is 3. The summed E-state index contributed by atoms with van der Waals surface area (Å²) in [6.07, 6.45) is 4.27. The first-order valence-corrected chi connectivity index (χ1v) is 32.8. The lowest BCUT2D eigenvalue weighted by Gasteiger charge is -2.56. The first-order chi connectivity index (χ1) is 40.9. The number of nitrogens with zero attached hydrogens (tertiary/aromatic N) is 6. The van der Waals surface area contributed by atoms with E-state index >= 15 is 0 Å². The van der Waals surface area contributed by atoms with Crippen LogP contribution in [-0.2, 0) is 31.2 Å². The summed E-state index contributed by atoms with van der Waals surface area (Å²) in [4.78, 5) is 72.4. The van der Waals surface area contributed by atoms with Crippen molar-refractivity contribution >= 4 is 89.8 Å². The molecule has 454 valence electrons. The van der Waals surface area contributed by atoms with E-state index in [1.165, 1.54) is 40.6 Å². The Morgan fingerprint density at radius 3 is 2.17 bits per heavy atom. The van der Waals surface area contributed by atoms with Gasteiger partial charge < -0.3 is 15.1 Å². The van der Waals surface area contributed by atoms with E-state index in [2.05, 4.69) is 56.2 Å². The van der Waals surface area contributed by atoms with Gasteiger partial charge in [0.1, 0.15) is 4.90 Å². The van der Waals surface area contributed by atoms with E-state index in [1.54, 1.807) is 30.3 Å². The molecule has 6 heterocycles. The molecule has 1 aliphatic carbocycles. The summed E-state index contributed by atoms with van der Waals surface area (Å²) >= 11 is 7.62. The van der Waals surface area contributed by atoms with Gasteiger partial charge in [-0.1, -0.05) is 67.4 Å². The maximum absolute atomic E-state index is 14.5. The van der Waals surface area contributed by atoms with Crippen molar-refractivity contribution in [1.82, 2.24) is 34.8 Å². The molecule has 3 atom stereocenters. The molecular weight excluding hydrogens is 1190 g/mol. The number of amides is 6. The van der Waals surface area contributed by atoms with Gasteiger partial charge in [0.2, 0.25) is 5.91 Å². The highest BCUT2D eigenvalue weighted by molar-refractivity contribution is 7.99. The van der Waals surface area contributed by atoms with Crippen LogP contribution in [0.4, 0.5) is 29.3 Å². The van der Waals surface area contributed by atoms with Crippen LogP contribution in [0.25, 0.3) is 5.57 Å². The number of carbonyl (C=O) groups excluding carboxylic acids is 5. The number of anilines is 2. The molecule has 2 unspecified atom stereocenters. The quantitative estimate of drug-likeness (QED) is 0.0521. The Labute approximate surface area is 507 Å². The monoisotopic (exact) mass is 1260 g/mol. The summed E-state index contributed by atoms with van der Waals surface area (Å²) in [5, 5.41) is 7.58. The maximum Gasteiger partial charge on any atom is 0.501 e. The van der Waals surface area contributed by atoms with E-state index in [0.717, 1.165) is 83.6 Å². The van der Waals surface area contributed by atoms with Crippen LogP contribution >= 0.6 is 23.4 Å². The molecule has 0 saturated carbocycles. The minimum Gasteiger partial charge on any atom is -0.380 e. The number of fused-ring (bicyclic) bond motifs is 3. The molecule has 5 fully saturated rings. The molecule has 0 radical (unpaired) electrons. The molecule has 12 rings (SSSR count). The third-order valence-corrected chi connectivity index (χ3v) is 21.3. The SMILES string of the molecule is CC1(C)CCC(c2ccc(Cl)cc2)=C(CN2CCN(c3ccc(C(=O)NS(=O)(=O)c4ccc(N[C@H](CCN5CC6CC(C5)N6Cc5ccc6c(c5)C(=O)N(N5CCC(=O)NC5=O)C6=O)CSc5ccccc5)c(S(=O)(=O)C(F)(F)F)c4)cc3)CC2)C1. The molecule has 7 aliphatic rings. The number of benzene rings is 5. The maximum atomic E-state index is 14.5. The largest absolute Gasteiger partial charge is 0.501 e. The van der Waals surface area contributed by atoms with E-state index in [-0.39, 0.29) is 52.9 Å². The molecule has 0 spiro atoms. The number of thioether (sulfide) groups is 1. The number of nitrogens with one attached hydrogen (secondary N) is 3. The molecule has 25 heteroatoms. The van der Waals surface area contributed by atoms with Crippen LogP contribution in [-0.4, -0.2) is 160 Å². The number of hydrazine groups is 1. The van der Waals surface area contributed by atoms with Crippen molar-refractivity contribution in [2.24, 2.45) is 5.41 Å². The number of urea groups is 1. The molecule has 86 heavy (non-hydrogen) atoms. The summed E-state index contributed by atoms with van der Waals surface area (Å²) in [6, 6.07) is 29.7. The van der Waals surface area contributed by atoms with E-state index in [1.807, 2.05) is 47.2 Å². The molecule has 18 nitrogen and oxygen atoms in total. The number of sulfone groups is 1. The number of hydrogen-bond acceptors (Lipinski definition) is 15. The molecule has 3 N–H and O–H groups in total. The number of rotatable bonds is 19. The third-order valence-electron chi connectivity index (χ3n) is 17.1. The van der Waals surface area contributed by atoms with Gasteiger partial charge in [0.15, 0.2) is 0 Å². The lowest BCUT2D eigenvalue weighted by molar-refractivity contribution is -0.122. The summed E-state index contributed by atoms with van der Waals surface area (Å²) in [6.45, 7) is 10.6. The van der Waals surface area contributed by atoms with Gasteiger partial charge in [-0.05, 0) is 133 Å². The van der Waals surface area contributed by atoms with Gasteiger partial charge in [-0.2, -0.15) is 18.2 Å². The predicted octanol–water partition coefficient (Wildman–Crippen LogP) is 8.91. The number of piperazine rings is 2. The average Bonchev–Trinajstić information content (AvgIpc) is 1.56. The number of piperidine rings is 1. The Morgan fingerprint density at radius 1 is 0.791 bits per heavy atom. The van der Waals surface area contributed by atoms with E-state index < -0.39 is 76.5 Å². The second kappa shape index (κ2) is 24.4. The zero-order valence-electron chi connectivity index (χ0n) is 47.3. The van der Waals surface area contributed by atoms with Crippen molar-refractivity contribution in [3.8, 4) is 0 Å². The molecule has 5 aromatic carbocycles. The summed E-state index contributed by atoms with van der Waals surface area (Å²) in [5.74, 6) is -2.60. The topological polar surface area (TPSA) is 209 Å². The van der Waals surface area contributed by atoms with Crippen molar-refractivity contribution in [2.45, 2.75) is 97.2 Å². The van der Waals surface area contributed by atoms with Crippen molar-refractivity contribution in [3.63, 3.8) is 0 Å². The smallest absolute Gasteiger partial charge is 0.380 e. The summed E-state index contributed by atoms with van der Waals surface area (Å²) < 4.78 is 100. The molecule has 6 amide bonds. The number of halogens is 4. The van der Waals surface area contributed by atoms with Crippen LogP contribution in [0, 0.1) is 5.41 Å². The fourth-order valence-electron chi connectivity index (χ4n) is 12.4. The van der Waals surface area contributed by atoms with Crippen molar-refractivity contribution < 1.29 is 54.0 Å². The second-order valence-corrected chi connectivity index (χ2v) is 28.7. The first kappa shape index (κ1) is 60.9. The Bertz CT molecular complexity index is 3730. The molecule has 5 saturated heterocycles. The Balaban J connectivity index is 0.728. The van der Waals surface area contributed by atoms with Gasteiger partial charge >= 0.3 is 11.5 Å². The number of sulfonamides is 1. The van der Waals surface area contributed by atoms with E-state index in [0.29, 0.717) is 56.8 Å². The molecule has 6 aliphatic heterocycles. The summed E-state index contributed by atoms with van der Waals surface area (Å²) in [7, 11) is -11.1. The second-order valence-electron chi connectivity index (χ2n) is 23.5. The molecule has 5 aromatic rings. The molecular formula is C61H65ClF3N9O9S3. The Hall–Kier alpha value is -6.80. The van der Waals surface area contributed by atoms with Gasteiger partial charge in [-0.15, -0.1) is 11.8 Å². The number of alkyl halides is 3. The first-order valence-electron chi connectivity index (χ1n) is 28.5. The highest BCUT2D eigenvalue weighted by atomic mass is 35.5. The standard InChI is InChI=1S/C61H65ClF3N9O9S3/c1-60(2)23-20-50(40-9-13-43(62)14-10-40)42(33-60)35-69-26-28-71(29-27-69)45-15-11-41(12-16-45)56(76)68-86(82,83)49-17-19-53(54(32-49)85(80,81)61(63,64)65)66-44(38-84-48-6-4-3-5-7-48)21-24-70-36-46-31-47(37-70)72(46)34-39-8-18-51-52(30-39)58(78)74(57(51)77)73-25-22-55(75)67-59(73)79/h3-19,30,32,44,46-47,66H,20-29,31,33-38H2,1-2H3,(H,68,76)(H,67,75,79)/t44-,46?,47?/m1/s1. The highest BCUT2D eigenvalue weighted by Gasteiger charge is 2.49. The number of imide groups is 2. The zero-order chi connectivity index (χ0) is 60.9. The molecule has 2 bridgehead atoms. The van der Waals surface area contributed by atoms with Gasteiger partial charge in [0, 0.05) is 110 Å². The lowest BCUT2D eigenvalue weighted by Crippen LogP contribution is -2.68. The van der Waals surface area contributed by atoms with Crippen LogP contribution in [0.2, 0.25) is 5.02 Å². The van der Waals surface area contributed by atoms with Crippen molar-refractivity contribution in [3.05, 3.63) is 154 Å². The van der Waals surface area contributed by atoms with Gasteiger partial charge in [0.25, 0.3) is 37.6 Å². The van der Waals surface area contributed by atoms with Crippen molar-refractivity contribution in [2.75, 3.05) is 74.9 Å². The molecule has 0 aromatic heterocycles. The zero-order valence-corrected chi connectivity index (χ0v) is 50.5. The fourth-order valence-corrected chi connectivity index (χ4v) is 15.6. The normalized spacial score (nSPS) is 20.8. The third kappa shape index (κ3) is 13.1. The predicted molar refractivity (Wildman–Crippen MR) is 321 cm³/mol. The van der Waals surface area contributed by atoms with Gasteiger partial charge in [0.05, 0.1) is 28.3 Å². The number of allylic oxidation sites excluding steroid dienone is 1. The minimum absolute atomic E-state index is 0.0350. The Kier molecular flexibility index (Phi) is 17.3. The highest BCUT2D eigenvalue weighted by Crippen LogP contribution is 2.44. The van der Waals surface area contributed by atoms with Gasteiger partial charge in [-0.25, -0.2) is 31.4 Å². The summed E-state index contributed by atoms with van der Waals surface area (Å²) in [5.41, 5.74) is -0.199.